The standard InChI is InChI=1S/C12H14BrNO3/c1-14(11(15)6-7-12(16)17)8-9-2-4-10(13)5-3-9/h2-5H,6-8H2,1H3,(H,16,17). The highest BCUT2D eigenvalue weighted by atomic mass is 79.9. The Hall–Kier alpha value is -1.36. The van der Waals surface area contributed by atoms with Crippen LogP contribution < -0.4 is 0 Å². The van der Waals surface area contributed by atoms with E-state index in [0.717, 1.165) is 10.0 Å². The number of carbonyl (C=O) groups is 2. The van der Waals surface area contributed by atoms with Gasteiger partial charge in [-0.25, -0.2) is 0 Å². The van der Waals surface area contributed by atoms with Crippen LogP contribution in [0.3, 0.4) is 0 Å². The Morgan fingerprint density at radius 3 is 2.35 bits per heavy atom. The lowest BCUT2D eigenvalue weighted by atomic mass is 10.2. The Labute approximate surface area is 108 Å². The van der Waals surface area contributed by atoms with Crippen molar-refractivity contribution < 1.29 is 14.7 Å². The largest absolute Gasteiger partial charge is 0.481 e. The summed E-state index contributed by atoms with van der Waals surface area (Å²) in [5.41, 5.74) is 1.01. The van der Waals surface area contributed by atoms with Crippen molar-refractivity contribution >= 4 is 27.8 Å². The molecular weight excluding hydrogens is 286 g/mol. The van der Waals surface area contributed by atoms with Gasteiger partial charge in [-0.2, -0.15) is 0 Å². The molecule has 0 fully saturated rings. The average Bonchev–Trinajstić information content (AvgIpc) is 2.28. The van der Waals surface area contributed by atoms with E-state index in [4.69, 9.17) is 5.11 Å². The first-order valence-corrected chi connectivity index (χ1v) is 5.98. The van der Waals surface area contributed by atoms with Gasteiger partial charge in [-0.15, -0.1) is 0 Å². The molecule has 0 saturated heterocycles. The molecule has 1 N–H and O–H groups in total. The molecule has 0 aliphatic heterocycles. The molecule has 0 aliphatic rings. The number of carboxylic acids is 1. The Bertz CT molecular complexity index is 403. The second kappa shape index (κ2) is 6.39. The molecule has 1 rings (SSSR count). The molecule has 5 heteroatoms. The fourth-order valence-corrected chi connectivity index (χ4v) is 1.62. The minimum absolute atomic E-state index is 0.0440. The van der Waals surface area contributed by atoms with E-state index >= 15 is 0 Å². The highest BCUT2D eigenvalue weighted by Gasteiger charge is 2.10. The van der Waals surface area contributed by atoms with Crippen LogP contribution in [-0.4, -0.2) is 28.9 Å². The molecule has 0 heterocycles. The van der Waals surface area contributed by atoms with Crippen LogP contribution in [0.4, 0.5) is 0 Å². The van der Waals surface area contributed by atoms with Crippen LogP contribution in [0.5, 0.6) is 0 Å². The zero-order chi connectivity index (χ0) is 12.8. The van der Waals surface area contributed by atoms with Gasteiger partial charge in [0.15, 0.2) is 0 Å². The third kappa shape index (κ3) is 4.99. The molecule has 92 valence electrons. The molecule has 0 aromatic heterocycles. The summed E-state index contributed by atoms with van der Waals surface area (Å²) in [7, 11) is 1.67. The summed E-state index contributed by atoms with van der Waals surface area (Å²) in [5, 5.41) is 8.49. The van der Waals surface area contributed by atoms with Gasteiger partial charge < -0.3 is 10.0 Å². The average molecular weight is 300 g/mol. The minimum atomic E-state index is -0.949. The van der Waals surface area contributed by atoms with Gasteiger partial charge in [0.1, 0.15) is 0 Å². The molecule has 1 aromatic rings. The molecule has 0 radical (unpaired) electrons. The number of carbonyl (C=O) groups excluding carboxylic acids is 1. The number of benzene rings is 1. The van der Waals surface area contributed by atoms with Crippen LogP contribution >= 0.6 is 15.9 Å². The van der Waals surface area contributed by atoms with Crippen LogP contribution in [0.15, 0.2) is 28.7 Å². The van der Waals surface area contributed by atoms with Gasteiger partial charge in [-0.1, -0.05) is 28.1 Å². The highest BCUT2D eigenvalue weighted by molar-refractivity contribution is 9.10. The fraction of sp³-hybridized carbons (Fsp3) is 0.333. The normalized spacial score (nSPS) is 10.0. The maximum atomic E-state index is 11.6. The lowest BCUT2D eigenvalue weighted by Crippen LogP contribution is -2.26. The highest BCUT2D eigenvalue weighted by Crippen LogP contribution is 2.12. The number of nitrogens with zero attached hydrogens (tertiary/aromatic N) is 1. The summed E-state index contributed by atoms with van der Waals surface area (Å²) in [5.74, 6) is -1.11. The van der Waals surface area contributed by atoms with Gasteiger partial charge in [0.05, 0.1) is 6.42 Å². The topological polar surface area (TPSA) is 57.6 Å². The van der Waals surface area contributed by atoms with Crippen LogP contribution in [0.25, 0.3) is 0 Å². The van der Waals surface area contributed by atoms with E-state index in [1.54, 1.807) is 7.05 Å². The summed E-state index contributed by atoms with van der Waals surface area (Å²) in [6, 6.07) is 7.66. The van der Waals surface area contributed by atoms with Crippen molar-refractivity contribution in [2.75, 3.05) is 7.05 Å². The molecule has 0 bridgehead atoms. The Morgan fingerprint density at radius 2 is 1.82 bits per heavy atom. The predicted octanol–water partition coefficient (Wildman–Crippen LogP) is 2.27. The monoisotopic (exact) mass is 299 g/mol. The zero-order valence-corrected chi connectivity index (χ0v) is 11.1. The van der Waals surface area contributed by atoms with Gasteiger partial charge in [0, 0.05) is 24.5 Å². The summed E-state index contributed by atoms with van der Waals surface area (Å²) in [4.78, 5) is 23.5. The Kier molecular flexibility index (Phi) is 5.15. The van der Waals surface area contributed by atoms with E-state index in [9.17, 15) is 9.59 Å². The lowest BCUT2D eigenvalue weighted by Gasteiger charge is -2.16. The second-order valence-corrected chi connectivity index (χ2v) is 4.69. The van der Waals surface area contributed by atoms with Crippen LogP contribution in [0.2, 0.25) is 0 Å². The number of carboxylic acid groups (broad SMARTS) is 1. The van der Waals surface area contributed by atoms with Crippen molar-refractivity contribution in [3.63, 3.8) is 0 Å². The molecule has 0 atom stereocenters. The second-order valence-electron chi connectivity index (χ2n) is 3.77. The van der Waals surface area contributed by atoms with Gasteiger partial charge in [0.2, 0.25) is 5.91 Å². The van der Waals surface area contributed by atoms with Gasteiger partial charge in [-0.3, -0.25) is 9.59 Å². The zero-order valence-electron chi connectivity index (χ0n) is 9.52. The molecule has 17 heavy (non-hydrogen) atoms. The molecule has 1 amide bonds. The van der Waals surface area contributed by atoms with E-state index in [1.807, 2.05) is 24.3 Å². The molecular formula is C12H14BrNO3. The van der Waals surface area contributed by atoms with Crippen LogP contribution in [0.1, 0.15) is 18.4 Å². The Morgan fingerprint density at radius 1 is 1.24 bits per heavy atom. The van der Waals surface area contributed by atoms with Crippen LogP contribution in [-0.2, 0) is 16.1 Å². The first-order valence-electron chi connectivity index (χ1n) is 5.19. The predicted molar refractivity (Wildman–Crippen MR) is 67.5 cm³/mol. The number of rotatable bonds is 5. The van der Waals surface area contributed by atoms with E-state index in [0.29, 0.717) is 6.54 Å². The third-order valence-electron chi connectivity index (χ3n) is 2.31. The summed E-state index contributed by atoms with van der Waals surface area (Å²) in [6.07, 6.45) is -0.0775. The van der Waals surface area contributed by atoms with E-state index in [1.165, 1.54) is 4.90 Å². The van der Waals surface area contributed by atoms with Gasteiger partial charge >= 0.3 is 5.97 Å². The number of hydrogen-bond acceptors (Lipinski definition) is 2. The van der Waals surface area contributed by atoms with E-state index < -0.39 is 5.97 Å². The number of amides is 1. The van der Waals surface area contributed by atoms with Gasteiger partial charge in [-0.05, 0) is 17.7 Å². The minimum Gasteiger partial charge on any atom is -0.481 e. The number of aliphatic carboxylic acids is 1. The molecule has 0 aliphatic carbocycles. The maximum absolute atomic E-state index is 11.6. The van der Waals surface area contributed by atoms with Crippen LogP contribution in [0, 0.1) is 0 Å². The molecule has 0 unspecified atom stereocenters. The molecule has 0 saturated carbocycles. The fourth-order valence-electron chi connectivity index (χ4n) is 1.36. The van der Waals surface area contributed by atoms with E-state index in [2.05, 4.69) is 15.9 Å². The van der Waals surface area contributed by atoms with Crippen molar-refractivity contribution in [2.24, 2.45) is 0 Å². The van der Waals surface area contributed by atoms with Crippen molar-refractivity contribution in [3.05, 3.63) is 34.3 Å². The number of hydrogen-bond donors (Lipinski definition) is 1. The molecule has 1 aromatic carbocycles. The molecule has 4 nitrogen and oxygen atoms in total. The molecule has 0 spiro atoms. The lowest BCUT2D eigenvalue weighted by molar-refractivity contribution is -0.140. The van der Waals surface area contributed by atoms with Gasteiger partial charge in [0.25, 0.3) is 0 Å². The smallest absolute Gasteiger partial charge is 0.303 e. The van der Waals surface area contributed by atoms with Crippen molar-refractivity contribution in [2.45, 2.75) is 19.4 Å². The summed E-state index contributed by atoms with van der Waals surface area (Å²) >= 11 is 3.34. The van der Waals surface area contributed by atoms with Crippen molar-refractivity contribution in [1.82, 2.24) is 4.90 Å². The summed E-state index contributed by atoms with van der Waals surface area (Å²) in [6.45, 7) is 0.492. The summed E-state index contributed by atoms with van der Waals surface area (Å²) < 4.78 is 0.987. The first-order chi connectivity index (χ1) is 7.99. The van der Waals surface area contributed by atoms with Crippen molar-refractivity contribution in [1.29, 1.82) is 0 Å². The first kappa shape index (κ1) is 13.7. The van der Waals surface area contributed by atoms with Crippen molar-refractivity contribution in [3.8, 4) is 0 Å². The maximum Gasteiger partial charge on any atom is 0.303 e. The third-order valence-corrected chi connectivity index (χ3v) is 2.84. The Balaban J connectivity index is 2.48. The quantitative estimate of drug-likeness (QED) is 0.907. The number of halogens is 1. The van der Waals surface area contributed by atoms with E-state index in [-0.39, 0.29) is 18.7 Å². The SMILES string of the molecule is CN(Cc1ccc(Br)cc1)C(=O)CCC(=O)O.